The molecule has 10 heteroatoms. The Labute approximate surface area is 205 Å². The predicted molar refractivity (Wildman–Crippen MR) is 137 cm³/mol. The van der Waals surface area contributed by atoms with Crippen LogP contribution in [0.3, 0.4) is 0 Å². The molecule has 0 radical (unpaired) electrons. The molecule has 0 bridgehead atoms. The number of amides is 1. The van der Waals surface area contributed by atoms with Gasteiger partial charge in [0, 0.05) is 22.1 Å². The maximum Gasteiger partial charge on any atom is 0.251 e. The molecule has 0 unspecified atom stereocenters. The zero-order valence-corrected chi connectivity index (χ0v) is 20.5. The van der Waals surface area contributed by atoms with Gasteiger partial charge in [0.1, 0.15) is 6.33 Å². The Morgan fingerprint density at radius 2 is 2.00 bits per heavy atom. The van der Waals surface area contributed by atoms with Crippen LogP contribution in [-0.2, 0) is 0 Å². The minimum absolute atomic E-state index is 0.128. The van der Waals surface area contributed by atoms with Gasteiger partial charge in [-0.3, -0.25) is 10.2 Å². The zero-order chi connectivity index (χ0) is 24.1. The summed E-state index contributed by atoms with van der Waals surface area (Å²) in [7, 11) is 0. The average molecular weight is 521 g/mol. The Kier molecular flexibility index (Phi) is 6.99. The van der Waals surface area contributed by atoms with Crippen LogP contribution in [0.15, 0.2) is 70.6 Å². The smallest absolute Gasteiger partial charge is 0.251 e. The monoisotopic (exact) mass is 520 g/mol. The van der Waals surface area contributed by atoms with Crippen molar-refractivity contribution in [2.24, 2.45) is 10.8 Å². The van der Waals surface area contributed by atoms with Gasteiger partial charge in [-0.25, -0.2) is 14.6 Å². The topological polar surface area (TPSA) is 123 Å². The van der Waals surface area contributed by atoms with E-state index < -0.39 is 0 Å². The number of hydrogen-bond acceptors (Lipinski definition) is 7. The van der Waals surface area contributed by atoms with E-state index in [0.717, 1.165) is 21.1 Å². The van der Waals surface area contributed by atoms with E-state index in [1.807, 2.05) is 50.2 Å². The molecule has 0 fully saturated rings. The van der Waals surface area contributed by atoms with Crippen molar-refractivity contribution in [1.82, 2.24) is 25.1 Å². The quantitative estimate of drug-likeness (QED) is 0.239. The fraction of sp³-hybridized carbons (Fsp3) is 0.208. The summed E-state index contributed by atoms with van der Waals surface area (Å²) in [6, 6.07) is 15.0. The van der Waals surface area contributed by atoms with Crippen molar-refractivity contribution >= 4 is 44.9 Å². The molecule has 0 aliphatic heterocycles. The first-order chi connectivity index (χ1) is 16.3. The number of benzene rings is 2. The third-order valence-electron chi connectivity index (χ3n) is 5.03. The lowest BCUT2D eigenvalue weighted by Crippen LogP contribution is -2.37. The molecule has 2 heterocycles. The van der Waals surface area contributed by atoms with Crippen LogP contribution in [-0.4, -0.2) is 44.0 Å². The Hall–Kier alpha value is -3.63. The molecule has 4 N–H and O–H groups in total. The van der Waals surface area contributed by atoms with Crippen LogP contribution >= 0.6 is 15.9 Å². The molecule has 4 aromatic rings. The average Bonchev–Trinajstić information content (AvgIpc) is 3.24. The number of fused-ring (bicyclic) bond motifs is 1. The summed E-state index contributed by atoms with van der Waals surface area (Å²) >= 11 is 3.48. The Morgan fingerprint density at radius 1 is 1.21 bits per heavy atom. The first-order valence-electron chi connectivity index (χ1n) is 10.7. The SMILES string of the molecule is CC(C)(N)CCNC(=O)c1ccc(/C=N/Nc2ncnc3c2cnn3-c2cccc(Br)c2)cc1. The number of carbonyl (C=O) groups is 1. The van der Waals surface area contributed by atoms with Gasteiger partial charge in [0.25, 0.3) is 5.91 Å². The predicted octanol–water partition coefficient (Wildman–Crippen LogP) is 3.88. The van der Waals surface area contributed by atoms with Gasteiger partial charge in [-0.1, -0.05) is 34.1 Å². The van der Waals surface area contributed by atoms with Gasteiger partial charge in [-0.2, -0.15) is 10.2 Å². The van der Waals surface area contributed by atoms with E-state index >= 15 is 0 Å². The molecule has 174 valence electrons. The number of aromatic nitrogens is 4. The van der Waals surface area contributed by atoms with Gasteiger partial charge >= 0.3 is 0 Å². The number of nitrogens with two attached hydrogens (primary N) is 1. The van der Waals surface area contributed by atoms with Crippen LogP contribution in [0.2, 0.25) is 0 Å². The normalized spacial score (nSPS) is 11.8. The van der Waals surface area contributed by atoms with Gasteiger partial charge in [-0.05, 0) is 56.2 Å². The molecule has 0 saturated heterocycles. The maximum absolute atomic E-state index is 12.3. The highest BCUT2D eigenvalue weighted by Crippen LogP contribution is 2.23. The lowest BCUT2D eigenvalue weighted by molar-refractivity contribution is 0.0951. The third-order valence-corrected chi connectivity index (χ3v) is 5.52. The summed E-state index contributed by atoms with van der Waals surface area (Å²) in [6.45, 7) is 4.39. The number of nitrogens with zero attached hydrogens (tertiary/aromatic N) is 5. The van der Waals surface area contributed by atoms with E-state index in [9.17, 15) is 4.79 Å². The molecule has 34 heavy (non-hydrogen) atoms. The van der Waals surface area contributed by atoms with Crippen LogP contribution < -0.4 is 16.5 Å². The van der Waals surface area contributed by atoms with E-state index in [1.165, 1.54) is 6.33 Å². The van der Waals surface area contributed by atoms with Crippen LogP contribution in [0.4, 0.5) is 5.82 Å². The van der Waals surface area contributed by atoms with Crippen molar-refractivity contribution in [2.75, 3.05) is 12.0 Å². The molecular formula is C24H25BrN8O. The molecule has 2 aromatic carbocycles. The van der Waals surface area contributed by atoms with E-state index in [2.05, 4.69) is 46.8 Å². The summed E-state index contributed by atoms with van der Waals surface area (Å²) in [4.78, 5) is 20.9. The van der Waals surface area contributed by atoms with Crippen LogP contribution in [0.1, 0.15) is 36.2 Å². The van der Waals surface area contributed by atoms with Gasteiger partial charge in [0.2, 0.25) is 0 Å². The molecule has 0 saturated carbocycles. The van der Waals surface area contributed by atoms with Gasteiger partial charge in [0.05, 0.1) is 23.5 Å². The molecule has 0 aliphatic rings. The van der Waals surface area contributed by atoms with E-state index in [1.54, 1.807) is 29.2 Å². The van der Waals surface area contributed by atoms with E-state index in [0.29, 0.717) is 30.0 Å². The number of carbonyl (C=O) groups excluding carboxylic acids is 1. The van der Waals surface area contributed by atoms with Gasteiger partial charge < -0.3 is 11.1 Å². The van der Waals surface area contributed by atoms with E-state index in [-0.39, 0.29) is 11.4 Å². The summed E-state index contributed by atoms with van der Waals surface area (Å²) in [6.07, 6.45) is 5.53. The largest absolute Gasteiger partial charge is 0.352 e. The number of nitrogens with one attached hydrogen (secondary N) is 2. The molecule has 2 aromatic heterocycles. The Balaban J connectivity index is 1.42. The van der Waals surface area contributed by atoms with Crippen molar-refractivity contribution in [3.05, 3.63) is 76.7 Å². The van der Waals surface area contributed by atoms with Crippen molar-refractivity contribution in [3.8, 4) is 5.69 Å². The number of halogens is 1. The highest BCUT2D eigenvalue weighted by atomic mass is 79.9. The summed E-state index contributed by atoms with van der Waals surface area (Å²) in [5.41, 5.74) is 11.6. The fourth-order valence-corrected chi connectivity index (χ4v) is 3.61. The number of hydrogen-bond donors (Lipinski definition) is 3. The minimum Gasteiger partial charge on any atom is -0.352 e. The summed E-state index contributed by atoms with van der Waals surface area (Å²) in [5, 5.41) is 12.4. The Morgan fingerprint density at radius 3 is 2.74 bits per heavy atom. The second kappa shape index (κ2) is 10.1. The first kappa shape index (κ1) is 23.5. The molecule has 0 aliphatic carbocycles. The van der Waals surface area contributed by atoms with Crippen molar-refractivity contribution in [3.63, 3.8) is 0 Å². The number of rotatable bonds is 8. The van der Waals surface area contributed by atoms with Gasteiger partial charge in [-0.15, -0.1) is 0 Å². The lowest BCUT2D eigenvalue weighted by Gasteiger charge is -2.18. The van der Waals surface area contributed by atoms with E-state index in [4.69, 9.17) is 5.73 Å². The highest BCUT2D eigenvalue weighted by molar-refractivity contribution is 9.10. The van der Waals surface area contributed by atoms with Crippen molar-refractivity contribution < 1.29 is 4.79 Å². The minimum atomic E-state index is -0.312. The number of anilines is 1. The Bertz CT molecular complexity index is 1330. The molecule has 9 nitrogen and oxygen atoms in total. The molecular weight excluding hydrogens is 496 g/mol. The summed E-state index contributed by atoms with van der Waals surface area (Å²) < 4.78 is 2.70. The fourth-order valence-electron chi connectivity index (χ4n) is 3.22. The zero-order valence-electron chi connectivity index (χ0n) is 18.9. The highest BCUT2D eigenvalue weighted by Gasteiger charge is 2.12. The third kappa shape index (κ3) is 5.83. The standard InChI is InChI=1S/C24H25BrN8O/c1-24(2,26)10-11-27-23(34)17-8-6-16(7-9-17)13-30-32-21-20-14-31-33(22(20)29-15-28-21)19-5-3-4-18(25)12-19/h3-9,12-15H,10-11,26H2,1-2H3,(H,27,34)(H,28,29,32)/b30-13+. The first-order valence-corrected chi connectivity index (χ1v) is 11.5. The van der Waals surface area contributed by atoms with Gasteiger partial charge in [0.15, 0.2) is 11.5 Å². The summed E-state index contributed by atoms with van der Waals surface area (Å²) in [5.74, 6) is 0.415. The molecule has 1 amide bonds. The molecule has 4 rings (SSSR count). The number of hydrazone groups is 1. The maximum atomic E-state index is 12.3. The second-order valence-electron chi connectivity index (χ2n) is 8.48. The molecule has 0 atom stereocenters. The van der Waals surface area contributed by atoms with Crippen LogP contribution in [0, 0.1) is 0 Å². The van der Waals surface area contributed by atoms with Crippen LogP contribution in [0.25, 0.3) is 16.7 Å². The lowest BCUT2D eigenvalue weighted by atomic mass is 10.0. The molecule has 0 spiro atoms. The van der Waals surface area contributed by atoms with Crippen LogP contribution in [0.5, 0.6) is 0 Å². The second-order valence-corrected chi connectivity index (χ2v) is 9.40. The van der Waals surface area contributed by atoms with Crippen molar-refractivity contribution in [2.45, 2.75) is 25.8 Å². The van der Waals surface area contributed by atoms with Crippen molar-refractivity contribution in [1.29, 1.82) is 0 Å².